The molecule has 4 heteroatoms. The fourth-order valence-corrected chi connectivity index (χ4v) is 18.0. The van der Waals surface area contributed by atoms with Crippen molar-refractivity contribution in [3.8, 4) is 11.1 Å². The molecule has 3 aromatic rings. The van der Waals surface area contributed by atoms with Gasteiger partial charge in [-0.05, 0) is 0 Å². The molecule has 1 atom stereocenters. The summed E-state index contributed by atoms with van der Waals surface area (Å²) in [5, 5.41) is 16.5. The van der Waals surface area contributed by atoms with E-state index >= 15 is 0 Å². The van der Waals surface area contributed by atoms with Gasteiger partial charge in [0.1, 0.15) is 0 Å². The topological polar surface area (TPSA) is 46.1 Å². The number of benzene rings is 3. The Bertz CT molecular complexity index is 1030. The monoisotopic (exact) mass is 449 g/mol. The van der Waals surface area contributed by atoms with Gasteiger partial charge < -0.3 is 10.2 Å². The molecule has 0 spiro atoms. The van der Waals surface area contributed by atoms with Crippen LogP contribution in [0.4, 0.5) is 0 Å². The van der Waals surface area contributed by atoms with Gasteiger partial charge in [-0.15, -0.1) is 0 Å². The molecule has 0 saturated carbocycles. The van der Waals surface area contributed by atoms with E-state index < -0.39 is 23.8 Å². The molecule has 2 nitrogen and oxygen atoms in total. The zero-order valence-electron chi connectivity index (χ0n) is 18.2. The number of hydrogen-bond acceptors (Lipinski definition) is 2. The van der Waals surface area contributed by atoms with Crippen LogP contribution in [0.5, 0.6) is 0 Å². The van der Waals surface area contributed by atoms with Crippen molar-refractivity contribution in [3.63, 3.8) is 0 Å². The van der Waals surface area contributed by atoms with E-state index in [1.165, 1.54) is 22.3 Å². The zero-order valence-corrected chi connectivity index (χ0v) is 20.9. The SMILES string of the molecule is C[O-].C[O-].C[SiH](C)[Ti+2]([c]1cccc2c1Cc1ccccc1-2)[CH]1C=Cc2ccccc21. The molecular formula is C26H29O2SiTi. The van der Waals surface area contributed by atoms with Crippen molar-refractivity contribution in [2.45, 2.75) is 23.7 Å². The van der Waals surface area contributed by atoms with E-state index in [4.69, 9.17) is 10.2 Å². The second-order valence-corrected chi connectivity index (χ2v) is 21.3. The first-order valence-electron chi connectivity index (χ1n) is 10.4. The van der Waals surface area contributed by atoms with Gasteiger partial charge in [-0.2, -0.15) is 14.2 Å². The predicted molar refractivity (Wildman–Crippen MR) is 123 cm³/mol. The van der Waals surface area contributed by atoms with Crippen LogP contribution in [-0.2, 0) is 23.5 Å². The van der Waals surface area contributed by atoms with Gasteiger partial charge >= 0.3 is 164 Å². The number of allylic oxidation sites excluding steroid dienone is 1. The minimum absolute atomic E-state index is 0.702. The molecular weight excluding hydrogens is 420 g/mol. The molecule has 1 unspecified atom stereocenters. The predicted octanol–water partition coefficient (Wildman–Crippen LogP) is 3.21. The quantitative estimate of drug-likeness (QED) is 0.451. The van der Waals surface area contributed by atoms with Crippen molar-refractivity contribution in [3.05, 3.63) is 95.1 Å². The number of fused-ring (bicyclic) bond motifs is 4. The maximum atomic E-state index is 8.25. The van der Waals surface area contributed by atoms with Gasteiger partial charge in [0.05, 0.1) is 0 Å². The van der Waals surface area contributed by atoms with Gasteiger partial charge in [-0.25, -0.2) is 0 Å². The Morgan fingerprint density at radius 3 is 2.23 bits per heavy atom. The van der Waals surface area contributed by atoms with E-state index in [0.717, 1.165) is 20.6 Å². The molecule has 5 rings (SSSR count). The molecule has 0 aliphatic heterocycles. The first-order valence-corrected chi connectivity index (χ1v) is 17.7. The Labute approximate surface area is 187 Å². The number of hydrogen-bond donors (Lipinski definition) is 0. The molecule has 0 radical (unpaired) electrons. The molecule has 0 fully saturated rings. The van der Waals surface area contributed by atoms with E-state index in [0.29, 0.717) is 4.22 Å². The summed E-state index contributed by atoms with van der Waals surface area (Å²) < 4.78 is 2.47. The molecule has 2 aliphatic rings. The Hall–Kier alpha value is -1.75. The molecule has 30 heavy (non-hydrogen) atoms. The molecule has 0 amide bonds. The van der Waals surface area contributed by atoms with Gasteiger partial charge in [0.15, 0.2) is 0 Å². The van der Waals surface area contributed by atoms with Gasteiger partial charge in [0, 0.05) is 0 Å². The molecule has 153 valence electrons. The Morgan fingerprint density at radius 1 is 0.800 bits per heavy atom. The summed E-state index contributed by atoms with van der Waals surface area (Å²) in [6.45, 7) is 4.44. The third-order valence-corrected chi connectivity index (χ3v) is 19.3. The molecule has 0 N–H and O–H groups in total. The van der Waals surface area contributed by atoms with Crippen molar-refractivity contribution in [1.29, 1.82) is 0 Å². The van der Waals surface area contributed by atoms with Crippen molar-refractivity contribution in [1.82, 2.24) is 0 Å². The summed E-state index contributed by atoms with van der Waals surface area (Å²) in [4.78, 5) is 0. The molecule has 3 aromatic carbocycles. The van der Waals surface area contributed by atoms with Crippen LogP contribution in [0.25, 0.3) is 17.2 Å². The summed E-state index contributed by atoms with van der Waals surface area (Å²) in [6, 6.07) is 25.2. The third-order valence-electron chi connectivity index (χ3n) is 5.92. The van der Waals surface area contributed by atoms with E-state index in [1.807, 2.05) is 0 Å². The minimum atomic E-state index is -1.43. The second-order valence-electron chi connectivity index (χ2n) is 7.74. The van der Waals surface area contributed by atoms with Crippen LogP contribution in [0.3, 0.4) is 0 Å². The standard InChI is InChI=1S/C13H9.C9H7.C2H7Si.2CH3O.Ti/c1-3-7-12-10(5-1)9-11-6-2-4-8-13(11)12;1-2-5-9-7-3-6-8(9)4-1;1-3-2;2*1-2;/h1-5,7-8H,9H2;1-7H;3H,1-2H3;2*1H3;/q;;;2*-1;+2. The van der Waals surface area contributed by atoms with E-state index in [9.17, 15) is 0 Å². The zero-order chi connectivity index (χ0) is 21.7. The maximum absolute atomic E-state index is 8.25. The molecule has 0 aromatic heterocycles. The summed E-state index contributed by atoms with van der Waals surface area (Å²) in [5.74, 6) is 0. The van der Waals surface area contributed by atoms with E-state index in [2.05, 4.69) is 92.0 Å². The average molecular weight is 449 g/mol. The second kappa shape index (κ2) is 10.5. The van der Waals surface area contributed by atoms with Crippen molar-refractivity contribution >= 4 is 16.6 Å². The molecule has 0 heterocycles. The van der Waals surface area contributed by atoms with Gasteiger partial charge in [-0.1, -0.05) is 0 Å². The van der Waals surface area contributed by atoms with Crippen LogP contribution in [-0.4, -0.2) is 20.9 Å². The van der Waals surface area contributed by atoms with Crippen molar-refractivity contribution in [2.75, 3.05) is 14.2 Å². The molecule has 2 aliphatic carbocycles. The average Bonchev–Trinajstić information content (AvgIpc) is 3.39. The van der Waals surface area contributed by atoms with Crippen LogP contribution < -0.4 is 14.1 Å². The Balaban J connectivity index is 0.000000606. The summed E-state index contributed by atoms with van der Waals surface area (Å²) in [5.41, 5.74) is 9.19. The van der Waals surface area contributed by atoms with Gasteiger partial charge in [-0.3, -0.25) is 0 Å². The normalized spacial score (nSPS) is 14.7. The summed E-state index contributed by atoms with van der Waals surface area (Å²) in [7, 11) is 1.50. The summed E-state index contributed by atoms with van der Waals surface area (Å²) >= 11 is -1.43. The van der Waals surface area contributed by atoms with Crippen LogP contribution in [0.1, 0.15) is 26.5 Å². The molecule has 0 saturated heterocycles. The van der Waals surface area contributed by atoms with Crippen LogP contribution in [0.2, 0.25) is 13.1 Å². The van der Waals surface area contributed by atoms with Crippen LogP contribution >= 0.6 is 0 Å². The fraction of sp³-hybridized carbons (Fsp3) is 0.231. The van der Waals surface area contributed by atoms with E-state index in [-0.39, 0.29) is 0 Å². The first kappa shape index (κ1) is 22.9. The van der Waals surface area contributed by atoms with Crippen LogP contribution in [0.15, 0.2) is 72.8 Å². The van der Waals surface area contributed by atoms with Crippen LogP contribution in [0, 0.1) is 0 Å². The van der Waals surface area contributed by atoms with Crippen molar-refractivity contribution in [2.24, 2.45) is 0 Å². The molecule has 0 bridgehead atoms. The summed E-state index contributed by atoms with van der Waals surface area (Å²) in [6.07, 6.45) is 6.05. The van der Waals surface area contributed by atoms with Gasteiger partial charge in [0.2, 0.25) is 0 Å². The first-order chi connectivity index (χ1) is 14.7. The fourth-order valence-electron chi connectivity index (χ4n) is 4.79. The van der Waals surface area contributed by atoms with Crippen molar-refractivity contribution < 1.29 is 27.3 Å². The number of rotatable bonds is 3. The van der Waals surface area contributed by atoms with E-state index in [1.54, 1.807) is 15.0 Å². The third kappa shape index (κ3) is 4.18. The van der Waals surface area contributed by atoms with Gasteiger partial charge in [0.25, 0.3) is 0 Å². The Kier molecular flexibility index (Phi) is 8.04. The Morgan fingerprint density at radius 2 is 1.47 bits per heavy atom.